The van der Waals surface area contributed by atoms with Gasteiger partial charge in [0.25, 0.3) is 0 Å². The number of nitrogens with zero attached hydrogens (tertiary/aromatic N) is 3. The maximum Gasteiger partial charge on any atom is 0.416 e. The van der Waals surface area contributed by atoms with Crippen LogP contribution >= 0.6 is 22.7 Å². The Morgan fingerprint density at radius 3 is 2.77 bits per heavy atom. The number of carbonyl (C=O) groups excluding carboxylic acids is 1. The number of amides is 1. The van der Waals surface area contributed by atoms with Gasteiger partial charge in [-0.25, -0.2) is 4.98 Å². The number of thiophene rings is 1. The van der Waals surface area contributed by atoms with Gasteiger partial charge in [-0.15, -0.1) is 22.7 Å². The van der Waals surface area contributed by atoms with Crippen LogP contribution in [-0.4, -0.2) is 21.0 Å². The van der Waals surface area contributed by atoms with E-state index in [0.717, 1.165) is 28.3 Å². The first-order valence-electron chi connectivity index (χ1n) is 8.68. The molecular weight excluding hydrogens is 437 g/mol. The number of hydrogen-bond donors (Lipinski definition) is 1. The van der Waals surface area contributed by atoms with Crippen LogP contribution in [0.4, 0.5) is 18.3 Å². The number of halogens is 3. The third kappa shape index (κ3) is 4.74. The van der Waals surface area contributed by atoms with Gasteiger partial charge < -0.3 is 9.84 Å². The molecule has 0 saturated heterocycles. The molecule has 0 saturated carbocycles. The first-order valence-corrected chi connectivity index (χ1v) is 10.4. The molecule has 0 aliphatic carbocycles. The molecule has 1 amide bonds. The minimum Gasteiger partial charge on any atom is -0.339 e. The van der Waals surface area contributed by atoms with Gasteiger partial charge in [-0.1, -0.05) is 23.4 Å². The summed E-state index contributed by atoms with van der Waals surface area (Å²) in [4.78, 5) is 21.5. The van der Waals surface area contributed by atoms with Gasteiger partial charge in [0.2, 0.25) is 17.6 Å². The van der Waals surface area contributed by atoms with Crippen LogP contribution in [0.1, 0.15) is 17.9 Å². The van der Waals surface area contributed by atoms with Gasteiger partial charge in [0, 0.05) is 23.8 Å². The van der Waals surface area contributed by atoms with Gasteiger partial charge >= 0.3 is 6.18 Å². The minimum absolute atomic E-state index is 0.102. The number of rotatable bonds is 6. The molecule has 11 heteroatoms. The van der Waals surface area contributed by atoms with Gasteiger partial charge in [-0.3, -0.25) is 4.79 Å². The molecule has 154 valence electrons. The van der Waals surface area contributed by atoms with Crippen LogP contribution in [0.5, 0.6) is 0 Å². The van der Waals surface area contributed by atoms with Crippen LogP contribution in [0, 0.1) is 0 Å². The number of alkyl halides is 3. The topological polar surface area (TPSA) is 80.9 Å². The lowest BCUT2D eigenvalue weighted by Gasteiger charge is -2.07. The van der Waals surface area contributed by atoms with Crippen molar-refractivity contribution in [1.82, 2.24) is 15.1 Å². The zero-order valence-corrected chi connectivity index (χ0v) is 16.8. The highest BCUT2D eigenvalue weighted by molar-refractivity contribution is 7.14. The van der Waals surface area contributed by atoms with E-state index in [4.69, 9.17) is 4.52 Å². The monoisotopic (exact) mass is 450 g/mol. The molecule has 30 heavy (non-hydrogen) atoms. The highest BCUT2D eigenvalue weighted by atomic mass is 32.1. The zero-order chi connectivity index (χ0) is 21.1. The summed E-state index contributed by atoms with van der Waals surface area (Å²) < 4.78 is 43.8. The molecule has 0 unspecified atom stereocenters. The largest absolute Gasteiger partial charge is 0.416 e. The van der Waals surface area contributed by atoms with E-state index in [0.29, 0.717) is 28.1 Å². The van der Waals surface area contributed by atoms with Crippen LogP contribution in [0.25, 0.3) is 22.0 Å². The predicted molar refractivity (Wildman–Crippen MR) is 107 cm³/mol. The predicted octanol–water partition coefficient (Wildman–Crippen LogP) is 5.51. The Bertz CT molecular complexity index is 1150. The van der Waals surface area contributed by atoms with Crippen molar-refractivity contribution < 1.29 is 22.5 Å². The molecule has 4 aromatic rings. The highest BCUT2D eigenvalue weighted by Gasteiger charge is 2.30. The summed E-state index contributed by atoms with van der Waals surface area (Å²) in [6.45, 7) is 0. The van der Waals surface area contributed by atoms with E-state index in [9.17, 15) is 18.0 Å². The molecule has 0 spiro atoms. The second kappa shape index (κ2) is 8.36. The summed E-state index contributed by atoms with van der Waals surface area (Å²) in [6.07, 6.45) is -4.07. The molecule has 0 atom stereocenters. The molecule has 0 bridgehead atoms. The fraction of sp³-hybridized carbons (Fsp3) is 0.158. The third-order valence-corrected chi connectivity index (χ3v) is 5.64. The van der Waals surface area contributed by atoms with E-state index in [1.165, 1.54) is 23.5 Å². The summed E-state index contributed by atoms with van der Waals surface area (Å²) in [5.41, 5.74) is -0.0625. The summed E-state index contributed by atoms with van der Waals surface area (Å²) in [7, 11) is 0. The summed E-state index contributed by atoms with van der Waals surface area (Å²) in [6, 6.07) is 8.64. The number of nitrogens with one attached hydrogen (secondary N) is 1. The van der Waals surface area contributed by atoms with E-state index in [-0.39, 0.29) is 18.7 Å². The smallest absolute Gasteiger partial charge is 0.339 e. The third-order valence-electron chi connectivity index (χ3n) is 4.01. The van der Waals surface area contributed by atoms with Crippen molar-refractivity contribution in [2.75, 3.05) is 5.32 Å². The number of aryl methyl sites for hydroxylation is 1. The standard InChI is InChI=1S/C19H13F3N4O2S2/c20-19(21,22)12-4-1-3-11(9-12)13-10-30-18(23-13)24-15(27)6-7-16-25-17(26-28-16)14-5-2-8-29-14/h1-5,8-10H,6-7H2,(H,23,24,27). The summed E-state index contributed by atoms with van der Waals surface area (Å²) in [5.74, 6) is 0.513. The van der Waals surface area contributed by atoms with Crippen LogP contribution in [-0.2, 0) is 17.4 Å². The van der Waals surface area contributed by atoms with Crippen molar-refractivity contribution in [3.63, 3.8) is 0 Å². The van der Waals surface area contributed by atoms with Crippen LogP contribution in [0.15, 0.2) is 51.7 Å². The van der Waals surface area contributed by atoms with Crippen molar-refractivity contribution in [3.8, 4) is 22.0 Å². The van der Waals surface area contributed by atoms with Crippen LogP contribution in [0.3, 0.4) is 0 Å². The Kier molecular flexibility index (Phi) is 5.64. The second-order valence-corrected chi connectivity index (χ2v) is 7.96. The Balaban J connectivity index is 1.35. The molecule has 6 nitrogen and oxygen atoms in total. The molecule has 3 aromatic heterocycles. The molecule has 1 N–H and O–H groups in total. The molecule has 3 heterocycles. The number of carbonyl (C=O) groups is 1. The lowest BCUT2D eigenvalue weighted by molar-refractivity contribution is -0.137. The van der Waals surface area contributed by atoms with E-state index in [2.05, 4.69) is 20.4 Å². The summed E-state index contributed by atoms with van der Waals surface area (Å²) in [5, 5.41) is 10.3. The fourth-order valence-corrected chi connectivity index (χ4v) is 3.97. The number of aromatic nitrogens is 3. The van der Waals surface area contributed by atoms with Crippen molar-refractivity contribution in [2.45, 2.75) is 19.0 Å². The average molecular weight is 450 g/mol. The molecule has 0 radical (unpaired) electrons. The van der Waals surface area contributed by atoms with Crippen molar-refractivity contribution in [3.05, 3.63) is 58.6 Å². The molecule has 0 aliphatic heterocycles. The zero-order valence-electron chi connectivity index (χ0n) is 15.1. The van der Waals surface area contributed by atoms with Crippen molar-refractivity contribution in [1.29, 1.82) is 0 Å². The van der Waals surface area contributed by atoms with E-state index < -0.39 is 11.7 Å². The Labute approximate surface area is 176 Å². The molecule has 0 fully saturated rings. The van der Waals surface area contributed by atoms with Gasteiger partial charge in [0.15, 0.2) is 5.13 Å². The maximum absolute atomic E-state index is 12.9. The number of benzene rings is 1. The Morgan fingerprint density at radius 2 is 2.00 bits per heavy atom. The van der Waals surface area contributed by atoms with E-state index in [1.54, 1.807) is 5.38 Å². The molecule has 1 aromatic carbocycles. The second-order valence-electron chi connectivity index (χ2n) is 6.15. The molecule has 4 rings (SSSR count). The average Bonchev–Trinajstić information content (AvgIpc) is 3.47. The van der Waals surface area contributed by atoms with E-state index in [1.807, 2.05) is 17.5 Å². The van der Waals surface area contributed by atoms with Crippen molar-refractivity contribution >= 4 is 33.7 Å². The normalized spacial score (nSPS) is 11.6. The van der Waals surface area contributed by atoms with Gasteiger partial charge in [0.1, 0.15) is 0 Å². The van der Waals surface area contributed by atoms with Gasteiger partial charge in [-0.2, -0.15) is 18.2 Å². The van der Waals surface area contributed by atoms with Gasteiger partial charge in [-0.05, 0) is 23.6 Å². The SMILES string of the molecule is O=C(CCc1nc(-c2cccs2)no1)Nc1nc(-c2cccc(C(F)(F)F)c2)cs1. The van der Waals surface area contributed by atoms with E-state index >= 15 is 0 Å². The first-order chi connectivity index (χ1) is 14.4. The minimum atomic E-state index is -4.43. The fourth-order valence-electron chi connectivity index (χ4n) is 2.58. The summed E-state index contributed by atoms with van der Waals surface area (Å²) >= 11 is 2.62. The first kappa shape index (κ1) is 20.2. The lowest BCUT2D eigenvalue weighted by atomic mass is 10.1. The Morgan fingerprint density at radius 1 is 1.13 bits per heavy atom. The van der Waals surface area contributed by atoms with Gasteiger partial charge in [0.05, 0.1) is 16.1 Å². The number of hydrogen-bond acceptors (Lipinski definition) is 7. The maximum atomic E-state index is 12.9. The number of thiazole rings is 1. The molecule has 0 aliphatic rings. The highest BCUT2D eigenvalue weighted by Crippen LogP contribution is 2.33. The molecular formula is C19H13F3N4O2S2. The van der Waals surface area contributed by atoms with Crippen LogP contribution in [0.2, 0.25) is 0 Å². The van der Waals surface area contributed by atoms with Crippen molar-refractivity contribution in [2.24, 2.45) is 0 Å². The number of anilines is 1. The quantitative estimate of drug-likeness (QED) is 0.419. The van der Waals surface area contributed by atoms with Crippen LogP contribution < -0.4 is 5.32 Å². The lowest BCUT2D eigenvalue weighted by Crippen LogP contribution is -2.12. The Hall–Kier alpha value is -3.05.